The molecule has 0 unspecified atom stereocenters. The van der Waals surface area contributed by atoms with Gasteiger partial charge in [0.05, 0.1) is 0 Å². The molecule has 0 aliphatic heterocycles. The molecule has 0 radical (unpaired) electrons. The Morgan fingerprint density at radius 2 is 1.02 bits per heavy atom. The van der Waals surface area contributed by atoms with E-state index in [1.165, 1.54) is 75.1 Å². The topological polar surface area (TPSA) is 38.7 Å². The highest BCUT2D eigenvalue weighted by Gasteiger charge is 2.35. The van der Waals surface area contributed by atoms with Crippen LogP contribution in [0.15, 0.2) is 164 Å². The molecule has 54 heavy (non-hydrogen) atoms. The van der Waals surface area contributed by atoms with Crippen LogP contribution in [0.1, 0.15) is 25.0 Å². The Kier molecular flexibility index (Phi) is 6.77. The largest absolute Gasteiger partial charge is 0.208 e. The van der Waals surface area contributed by atoms with Crippen LogP contribution in [-0.2, 0) is 5.41 Å². The third-order valence-electron chi connectivity index (χ3n) is 11.3. The first kappa shape index (κ1) is 31.1. The van der Waals surface area contributed by atoms with Crippen LogP contribution in [0.3, 0.4) is 0 Å². The molecule has 4 heteroatoms. The van der Waals surface area contributed by atoms with Crippen molar-refractivity contribution in [2.24, 2.45) is 0 Å². The van der Waals surface area contributed by atoms with Crippen molar-refractivity contribution in [3.8, 4) is 56.4 Å². The summed E-state index contributed by atoms with van der Waals surface area (Å²) in [4.78, 5) is 15.7. The lowest BCUT2D eigenvalue weighted by Gasteiger charge is -2.21. The minimum atomic E-state index is -0.134. The normalized spacial score (nSPS) is 13.1. The lowest BCUT2D eigenvalue weighted by Crippen LogP contribution is -2.15. The van der Waals surface area contributed by atoms with Crippen LogP contribution in [0.2, 0.25) is 0 Å². The summed E-state index contributed by atoms with van der Waals surface area (Å²) in [7, 11) is 0. The average molecular weight is 708 g/mol. The van der Waals surface area contributed by atoms with E-state index in [0.717, 1.165) is 16.7 Å². The first-order valence-electron chi connectivity index (χ1n) is 18.4. The highest BCUT2D eigenvalue weighted by molar-refractivity contribution is 7.27. The second-order valence-corrected chi connectivity index (χ2v) is 15.8. The van der Waals surface area contributed by atoms with Crippen molar-refractivity contribution >= 4 is 53.1 Å². The minimum Gasteiger partial charge on any atom is -0.208 e. The zero-order chi connectivity index (χ0) is 36.0. The number of rotatable bonds is 4. The fourth-order valence-electron chi connectivity index (χ4n) is 8.58. The van der Waals surface area contributed by atoms with Gasteiger partial charge in [-0.2, -0.15) is 0 Å². The van der Waals surface area contributed by atoms with Crippen molar-refractivity contribution in [2.75, 3.05) is 0 Å². The van der Waals surface area contributed by atoms with E-state index in [-0.39, 0.29) is 5.41 Å². The molecule has 10 aromatic rings. The summed E-state index contributed by atoms with van der Waals surface area (Å²) in [5.74, 6) is 1.99. The second kappa shape index (κ2) is 11.8. The minimum absolute atomic E-state index is 0.134. The average Bonchev–Trinajstić information content (AvgIpc) is 3.72. The highest BCUT2D eigenvalue weighted by atomic mass is 32.1. The van der Waals surface area contributed by atoms with E-state index in [1.807, 2.05) is 29.5 Å². The number of hydrogen-bond donors (Lipinski definition) is 0. The smallest absolute Gasteiger partial charge is 0.164 e. The van der Waals surface area contributed by atoms with E-state index < -0.39 is 0 Å². The van der Waals surface area contributed by atoms with Gasteiger partial charge in [0.1, 0.15) is 0 Å². The van der Waals surface area contributed by atoms with Crippen LogP contribution < -0.4 is 0 Å². The lowest BCUT2D eigenvalue weighted by atomic mass is 9.82. The maximum absolute atomic E-state index is 5.30. The van der Waals surface area contributed by atoms with Gasteiger partial charge in [-0.1, -0.05) is 159 Å². The third-order valence-corrected chi connectivity index (χ3v) is 12.6. The monoisotopic (exact) mass is 707 g/mol. The zero-order valence-corrected chi connectivity index (χ0v) is 30.7. The molecule has 254 valence electrons. The van der Waals surface area contributed by atoms with Crippen LogP contribution in [0, 0.1) is 0 Å². The molecule has 11 rings (SSSR count). The van der Waals surface area contributed by atoms with Crippen LogP contribution in [0.25, 0.3) is 98.1 Å². The molecule has 2 heterocycles. The highest BCUT2D eigenvalue weighted by Crippen LogP contribution is 2.50. The van der Waals surface area contributed by atoms with Gasteiger partial charge in [-0.05, 0) is 62.2 Å². The number of hydrogen-bond acceptors (Lipinski definition) is 4. The molecule has 0 saturated heterocycles. The van der Waals surface area contributed by atoms with Crippen LogP contribution in [0.5, 0.6) is 0 Å². The van der Waals surface area contributed by atoms with Crippen LogP contribution in [-0.4, -0.2) is 15.0 Å². The summed E-state index contributed by atoms with van der Waals surface area (Å²) in [6, 6.07) is 58.8. The van der Waals surface area contributed by atoms with Gasteiger partial charge in [-0.25, -0.2) is 15.0 Å². The van der Waals surface area contributed by atoms with Crippen molar-refractivity contribution in [1.29, 1.82) is 0 Å². The molecule has 3 nitrogen and oxygen atoms in total. The Labute approximate surface area is 317 Å². The molecular weight excluding hydrogens is 675 g/mol. The summed E-state index contributed by atoms with van der Waals surface area (Å²) in [6.45, 7) is 4.63. The zero-order valence-electron chi connectivity index (χ0n) is 29.8. The number of aromatic nitrogens is 3. The van der Waals surface area contributed by atoms with E-state index >= 15 is 0 Å². The molecule has 8 aromatic carbocycles. The summed E-state index contributed by atoms with van der Waals surface area (Å²) in [5.41, 5.74) is 10.3. The van der Waals surface area contributed by atoms with Crippen molar-refractivity contribution in [3.63, 3.8) is 0 Å². The Balaban J connectivity index is 1.17. The number of fused-ring (bicyclic) bond motifs is 10. The SMILES string of the molecule is CC1(C)c2ccccc2-c2ccc(-c3nc(-c4ccccc4)nc(-c4cc(-c5ccccc5)c5sc6c(ccc7ccc8ccccc8c76)c5c4)n3)cc21. The summed E-state index contributed by atoms with van der Waals surface area (Å²) in [5, 5.41) is 7.55. The Morgan fingerprint density at radius 1 is 0.389 bits per heavy atom. The molecule has 2 aromatic heterocycles. The summed E-state index contributed by atoms with van der Waals surface area (Å²) in [6.07, 6.45) is 0. The molecule has 1 aliphatic carbocycles. The number of thiophene rings is 1. The maximum Gasteiger partial charge on any atom is 0.164 e. The van der Waals surface area contributed by atoms with Gasteiger partial charge in [-0.15, -0.1) is 11.3 Å². The van der Waals surface area contributed by atoms with Gasteiger partial charge in [0.25, 0.3) is 0 Å². The predicted molar refractivity (Wildman–Crippen MR) is 227 cm³/mol. The van der Waals surface area contributed by atoms with E-state index in [4.69, 9.17) is 15.0 Å². The Hall–Kier alpha value is -6.49. The Bertz CT molecular complexity index is 3120. The van der Waals surface area contributed by atoms with Crippen molar-refractivity contribution in [2.45, 2.75) is 19.3 Å². The fraction of sp³-hybridized carbons (Fsp3) is 0.0600. The third kappa shape index (κ3) is 4.70. The van der Waals surface area contributed by atoms with Crippen LogP contribution in [0.4, 0.5) is 0 Å². The van der Waals surface area contributed by atoms with E-state index in [0.29, 0.717) is 17.5 Å². The molecule has 0 saturated carbocycles. The van der Waals surface area contributed by atoms with E-state index in [9.17, 15) is 0 Å². The lowest BCUT2D eigenvalue weighted by molar-refractivity contribution is 0.660. The quantitative estimate of drug-likeness (QED) is 0.171. The molecule has 0 fully saturated rings. The molecule has 0 N–H and O–H groups in total. The van der Waals surface area contributed by atoms with E-state index in [1.54, 1.807) is 0 Å². The summed E-state index contributed by atoms with van der Waals surface area (Å²) >= 11 is 1.88. The van der Waals surface area contributed by atoms with Gasteiger partial charge in [-0.3, -0.25) is 0 Å². The van der Waals surface area contributed by atoms with Gasteiger partial charge < -0.3 is 0 Å². The van der Waals surface area contributed by atoms with Gasteiger partial charge in [0, 0.05) is 53.2 Å². The molecule has 0 amide bonds. The fourth-order valence-corrected chi connectivity index (χ4v) is 9.97. The summed E-state index contributed by atoms with van der Waals surface area (Å²) < 4.78 is 2.56. The van der Waals surface area contributed by atoms with Crippen LogP contribution >= 0.6 is 11.3 Å². The predicted octanol–water partition coefficient (Wildman–Crippen LogP) is 13.5. The first-order chi connectivity index (χ1) is 26.5. The first-order valence-corrected chi connectivity index (χ1v) is 19.3. The van der Waals surface area contributed by atoms with Gasteiger partial charge in [0.15, 0.2) is 17.5 Å². The molecule has 0 atom stereocenters. The van der Waals surface area contributed by atoms with Crippen molar-refractivity contribution in [1.82, 2.24) is 15.0 Å². The van der Waals surface area contributed by atoms with E-state index in [2.05, 4.69) is 159 Å². The molecule has 1 aliphatic rings. The number of benzene rings is 8. The van der Waals surface area contributed by atoms with Crippen molar-refractivity contribution < 1.29 is 0 Å². The van der Waals surface area contributed by atoms with Gasteiger partial charge in [0.2, 0.25) is 0 Å². The van der Waals surface area contributed by atoms with Crippen molar-refractivity contribution in [3.05, 3.63) is 175 Å². The Morgan fingerprint density at radius 3 is 1.83 bits per heavy atom. The molecule has 0 spiro atoms. The van der Waals surface area contributed by atoms with Gasteiger partial charge >= 0.3 is 0 Å². The standard InChI is InChI=1S/C50H33N3S/c1-50(2)42-20-12-11-19-37(42)38-25-24-34(29-43(38)50)48-51-47(33-16-7-4-8-17-33)52-49(53-48)35-27-40(30-13-5-3-6-14-30)45-41(28-35)39-26-23-32-22-21-31-15-9-10-18-36(31)44(32)46(39)54-45/h3-29H,1-2H3. The molecule has 0 bridgehead atoms. The maximum atomic E-state index is 5.30. The molecular formula is C50H33N3S. The second-order valence-electron chi connectivity index (χ2n) is 14.8. The number of nitrogens with zero attached hydrogens (tertiary/aromatic N) is 3.